The van der Waals surface area contributed by atoms with Crippen LogP contribution in [0.1, 0.15) is 91.0 Å². The summed E-state index contributed by atoms with van der Waals surface area (Å²) in [6.07, 6.45) is 9.14. The number of hydrogen-bond acceptors (Lipinski definition) is 5. The third kappa shape index (κ3) is 9.47. The molecule has 1 aromatic rings. The van der Waals surface area contributed by atoms with Crippen LogP contribution in [0.3, 0.4) is 0 Å². The van der Waals surface area contributed by atoms with Crippen LogP contribution >= 0.6 is 8.81 Å². The zero-order chi connectivity index (χ0) is 23.3. The highest BCUT2D eigenvalue weighted by Gasteiger charge is 2.40. The lowest BCUT2D eigenvalue weighted by molar-refractivity contribution is -0.154. The first-order chi connectivity index (χ1) is 14.7. The second-order valence-electron chi connectivity index (χ2n) is 8.46. The fourth-order valence-electron chi connectivity index (χ4n) is 3.76. The van der Waals surface area contributed by atoms with Crippen molar-refractivity contribution in [1.82, 2.24) is 0 Å². The number of ether oxygens (including phenoxy) is 2. The van der Waals surface area contributed by atoms with E-state index in [0.29, 0.717) is 0 Å². The Morgan fingerprint density at radius 1 is 0.935 bits per heavy atom. The summed E-state index contributed by atoms with van der Waals surface area (Å²) in [5.41, 5.74) is 0.894. The molecule has 0 aliphatic rings. The molecule has 31 heavy (non-hydrogen) atoms. The van der Waals surface area contributed by atoms with Crippen LogP contribution in [0.4, 0.5) is 0 Å². The predicted molar refractivity (Wildman–Crippen MR) is 130 cm³/mol. The van der Waals surface area contributed by atoms with Gasteiger partial charge in [0.25, 0.3) is 10.1 Å². The van der Waals surface area contributed by atoms with Crippen molar-refractivity contribution < 1.29 is 21.9 Å². The van der Waals surface area contributed by atoms with E-state index < -0.39 is 16.4 Å². The van der Waals surface area contributed by atoms with E-state index in [-0.39, 0.29) is 25.0 Å². The first-order valence-corrected chi connectivity index (χ1v) is 14.1. The molecule has 0 saturated carbocycles. The maximum Gasteiger partial charge on any atom is 0.299 e. The molecule has 0 spiro atoms. The molecule has 5 nitrogen and oxygen atoms in total. The molecular weight excluding hydrogens is 431 g/mol. The van der Waals surface area contributed by atoms with Crippen LogP contribution in [0.15, 0.2) is 29.2 Å². The van der Waals surface area contributed by atoms with E-state index in [0.717, 1.165) is 63.4 Å². The number of aryl methyl sites for hydroxylation is 1. The smallest absolute Gasteiger partial charge is 0.299 e. The van der Waals surface area contributed by atoms with Crippen molar-refractivity contribution in [2.75, 3.05) is 7.11 Å². The van der Waals surface area contributed by atoms with Crippen molar-refractivity contribution in [2.24, 2.45) is 5.41 Å². The van der Waals surface area contributed by atoms with Gasteiger partial charge in [0, 0.05) is 12.5 Å². The molecule has 0 fully saturated rings. The monoisotopic (exact) mass is 474 g/mol. The SMILES string of the molecule is CCCCC(CCCC)(CCCC)C(OC(C)OC)POS(=O)(=O)c1ccc(C)cc1. The van der Waals surface area contributed by atoms with E-state index in [1.165, 1.54) is 0 Å². The highest BCUT2D eigenvalue weighted by molar-refractivity contribution is 7.89. The highest BCUT2D eigenvalue weighted by Crippen LogP contribution is 2.49. The third-order valence-corrected chi connectivity index (χ3v) is 8.95. The van der Waals surface area contributed by atoms with E-state index in [9.17, 15) is 8.42 Å². The Kier molecular flexibility index (Phi) is 13.4. The molecule has 0 aliphatic carbocycles. The first kappa shape index (κ1) is 28.5. The van der Waals surface area contributed by atoms with Crippen LogP contribution in [0.2, 0.25) is 0 Å². The molecule has 1 rings (SSSR count). The average molecular weight is 475 g/mol. The van der Waals surface area contributed by atoms with E-state index in [1.807, 2.05) is 13.8 Å². The lowest BCUT2D eigenvalue weighted by atomic mass is 9.74. The molecule has 0 amide bonds. The Hall–Kier alpha value is -0.520. The van der Waals surface area contributed by atoms with Gasteiger partial charge in [0.05, 0.1) is 13.7 Å². The van der Waals surface area contributed by atoms with E-state index >= 15 is 0 Å². The van der Waals surface area contributed by atoms with Crippen LogP contribution < -0.4 is 0 Å². The van der Waals surface area contributed by atoms with Crippen LogP contribution in [-0.2, 0) is 23.6 Å². The Labute approximate surface area is 192 Å². The minimum Gasteiger partial charge on any atom is -0.356 e. The summed E-state index contributed by atoms with van der Waals surface area (Å²) in [5.74, 6) is -0.327. The molecule has 0 N–H and O–H groups in total. The standard InChI is InChI=1S/C24H43O5PS/c1-7-10-17-24(18-11-8-2,19-12-9-3)23(28-21(5)27-6)30-29-31(25,26)22-15-13-20(4)14-16-22/h13-16,21,23,30H,7-12,17-19H2,1-6H3. The summed E-state index contributed by atoms with van der Waals surface area (Å²) >= 11 is 0. The molecule has 0 radical (unpaired) electrons. The van der Waals surface area contributed by atoms with Crippen LogP contribution in [0, 0.1) is 12.3 Å². The summed E-state index contributed by atoms with van der Waals surface area (Å²) in [6, 6.07) is 6.77. The Balaban J connectivity index is 3.20. The summed E-state index contributed by atoms with van der Waals surface area (Å²) in [5, 5.41) is 0. The summed E-state index contributed by atoms with van der Waals surface area (Å²) in [7, 11) is -2.54. The maximum absolute atomic E-state index is 12.9. The van der Waals surface area contributed by atoms with Gasteiger partial charge in [-0.05, 0) is 45.2 Å². The fraction of sp³-hybridized carbons (Fsp3) is 0.750. The molecule has 1 aromatic carbocycles. The minimum absolute atomic E-state index is 0.115. The summed E-state index contributed by atoms with van der Waals surface area (Å²) in [6.45, 7) is 10.4. The number of methoxy groups -OCH3 is 1. The quantitative estimate of drug-likeness (QED) is 0.177. The van der Waals surface area contributed by atoms with Gasteiger partial charge in [-0.15, -0.1) is 0 Å². The van der Waals surface area contributed by atoms with Gasteiger partial charge in [0.2, 0.25) is 0 Å². The number of benzene rings is 1. The first-order valence-electron chi connectivity index (χ1n) is 11.7. The summed E-state index contributed by atoms with van der Waals surface area (Å²) < 4.78 is 43.1. The molecule has 0 aliphatic heterocycles. The van der Waals surface area contributed by atoms with Crippen molar-refractivity contribution in [3.63, 3.8) is 0 Å². The van der Waals surface area contributed by atoms with Crippen molar-refractivity contribution in [3.05, 3.63) is 29.8 Å². The second-order valence-corrected chi connectivity index (χ2v) is 11.3. The van der Waals surface area contributed by atoms with Gasteiger partial charge < -0.3 is 9.47 Å². The van der Waals surface area contributed by atoms with Crippen molar-refractivity contribution in [1.29, 1.82) is 0 Å². The fourth-order valence-corrected chi connectivity index (χ4v) is 6.40. The van der Waals surface area contributed by atoms with Gasteiger partial charge in [-0.3, -0.25) is 0 Å². The zero-order valence-corrected chi connectivity index (χ0v) is 22.1. The van der Waals surface area contributed by atoms with Gasteiger partial charge in [0.1, 0.15) is 5.85 Å². The largest absolute Gasteiger partial charge is 0.356 e. The second kappa shape index (κ2) is 14.6. The number of hydrogen-bond donors (Lipinski definition) is 0. The molecule has 0 saturated heterocycles. The van der Waals surface area contributed by atoms with Crippen LogP contribution in [0.25, 0.3) is 0 Å². The van der Waals surface area contributed by atoms with Gasteiger partial charge >= 0.3 is 0 Å². The molecule has 180 valence electrons. The molecule has 3 unspecified atom stereocenters. The molecule has 3 atom stereocenters. The van der Waals surface area contributed by atoms with Crippen molar-refractivity contribution in [3.8, 4) is 0 Å². The molecule has 0 aromatic heterocycles. The van der Waals surface area contributed by atoms with Crippen molar-refractivity contribution >= 4 is 18.9 Å². The maximum atomic E-state index is 12.9. The number of rotatable bonds is 17. The van der Waals surface area contributed by atoms with Gasteiger partial charge in [-0.1, -0.05) is 77.0 Å². The van der Waals surface area contributed by atoms with Gasteiger partial charge in [-0.25, -0.2) is 3.97 Å². The molecule has 0 heterocycles. The third-order valence-electron chi connectivity index (χ3n) is 5.88. The molecule has 0 bridgehead atoms. The Bertz CT molecular complexity index is 683. The van der Waals surface area contributed by atoms with Crippen LogP contribution in [-0.4, -0.2) is 27.7 Å². The van der Waals surface area contributed by atoms with E-state index in [2.05, 4.69) is 20.8 Å². The predicted octanol–water partition coefficient (Wildman–Crippen LogP) is 7.19. The summed E-state index contributed by atoms with van der Waals surface area (Å²) in [4.78, 5) is 0.186. The highest BCUT2D eigenvalue weighted by atomic mass is 32.2. The normalized spacial score (nSPS) is 14.9. The molecular formula is C24H43O5PS. The van der Waals surface area contributed by atoms with Gasteiger partial charge in [0.15, 0.2) is 6.29 Å². The van der Waals surface area contributed by atoms with E-state index in [4.69, 9.17) is 13.4 Å². The van der Waals surface area contributed by atoms with Gasteiger partial charge in [-0.2, -0.15) is 8.42 Å². The molecule has 7 heteroatoms. The lowest BCUT2D eigenvalue weighted by Crippen LogP contribution is -2.37. The van der Waals surface area contributed by atoms with Crippen LogP contribution in [0.5, 0.6) is 0 Å². The number of unbranched alkanes of at least 4 members (excludes halogenated alkanes) is 3. The van der Waals surface area contributed by atoms with E-state index in [1.54, 1.807) is 31.4 Å². The topological polar surface area (TPSA) is 61.8 Å². The Morgan fingerprint density at radius 2 is 1.42 bits per heavy atom. The zero-order valence-electron chi connectivity index (χ0n) is 20.3. The average Bonchev–Trinajstić information content (AvgIpc) is 2.76. The minimum atomic E-state index is -3.84. The van der Waals surface area contributed by atoms with Crippen molar-refractivity contribution in [2.45, 2.75) is 109 Å². The Morgan fingerprint density at radius 3 is 1.84 bits per heavy atom. The lowest BCUT2D eigenvalue weighted by Gasteiger charge is -2.41.